The van der Waals surface area contributed by atoms with Crippen LogP contribution in [0.25, 0.3) is 22.3 Å². The summed E-state index contributed by atoms with van der Waals surface area (Å²) in [4.78, 5) is 60.5. The normalized spacial score (nSPS) is 22.1. The molecule has 5 atom stereocenters. The summed E-state index contributed by atoms with van der Waals surface area (Å²) in [6.45, 7) is 11.8. The monoisotopic (exact) mass is 743 g/mol. The lowest BCUT2D eigenvalue weighted by Crippen LogP contribution is -2.51. The number of methoxy groups -OCH3 is 1. The first-order chi connectivity index (χ1) is 26.4. The van der Waals surface area contributed by atoms with E-state index in [1.165, 1.54) is 20.0 Å². The quantitative estimate of drug-likeness (QED) is 0.152. The van der Waals surface area contributed by atoms with Gasteiger partial charge in [0.05, 0.1) is 42.1 Å². The fourth-order valence-electron chi connectivity index (χ4n) is 8.53. The summed E-state index contributed by atoms with van der Waals surface area (Å²) < 4.78 is 4.85. The number of imidazole rings is 2. The number of fused-ring (bicyclic) bond motifs is 1. The molecule has 3 N–H and O–H groups in total. The van der Waals surface area contributed by atoms with Crippen molar-refractivity contribution in [2.75, 3.05) is 20.2 Å². The van der Waals surface area contributed by atoms with Crippen molar-refractivity contribution >= 4 is 28.9 Å². The minimum absolute atomic E-state index is 0.0182. The molecule has 4 aromatic rings. The van der Waals surface area contributed by atoms with Gasteiger partial charge in [-0.1, -0.05) is 65.0 Å². The van der Waals surface area contributed by atoms with E-state index < -0.39 is 12.1 Å². The Kier molecular flexibility index (Phi) is 9.51. The van der Waals surface area contributed by atoms with Crippen LogP contribution in [0, 0.1) is 40.4 Å². The van der Waals surface area contributed by atoms with Crippen LogP contribution in [0.3, 0.4) is 0 Å². The van der Waals surface area contributed by atoms with Crippen molar-refractivity contribution < 1.29 is 19.1 Å². The van der Waals surface area contributed by atoms with Gasteiger partial charge in [0, 0.05) is 30.1 Å². The molecule has 2 aromatic heterocycles. The maximum absolute atomic E-state index is 14.0. The van der Waals surface area contributed by atoms with Gasteiger partial charge < -0.3 is 29.8 Å². The molecule has 4 fully saturated rings. The predicted molar refractivity (Wildman–Crippen MR) is 210 cm³/mol. The van der Waals surface area contributed by atoms with E-state index in [0.29, 0.717) is 12.5 Å². The molecule has 2 aliphatic heterocycles. The molecule has 2 aromatic carbocycles. The number of likely N-dealkylation sites (tertiary alicyclic amines) is 2. The van der Waals surface area contributed by atoms with E-state index in [1.807, 2.05) is 74.3 Å². The number of alkyl carbamates (subject to hydrolysis) is 1. The highest BCUT2D eigenvalue weighted by atomic mass is 16.5. The van der Waals surface area contributed by atoms with Gasteiger partial charge in [-0.15, -0.1) is 0 Å². The van der Waals surface area contributed by atoms with Crippen molar-refractivity contribution in [3.8, 4) is 23.1 Å². The van der Waals surface area contributed by atoms with Gasteiger partial charge in [0.1, 0.15) is 17.7 Å². The molecule has 2 aliphatic carbocycles. The second-order valence-corrected chi connectivity index (χ2v) is 17.3. The van der Waals surface area contributed by atoms with Gasteiger partial charge in [-0.25, -0.2) is 14.8 Å². The van der Waals surface area contributed by atoms with Crippen LogP contribution in [-0.4, -0.2) is 73.9 Å². The van der Waals surface area contributed by atoms with Crippen LogP contribution in [0.1, 0.15) is 114 Å². The van der Waals surface area contributed by atoms with E-state index in [0.717, 1.165) is 83.7 Å². The number of aromatic nitrogens is 4. The van der Waals surface area contributed by atoms with Crippen LogP contribution in [-0.2, 0) is 14.3 Å². The summed E-state index contributed by atoms with van der Waals surface area (Å²) in [5.74, 6) is 8.64. The van der Waals surface area contributed by atoms with Gasteiger partial charge in [-0.05, 0) is 97.1 Å². The number of ether oxygens (including phenoxy) is 1. The van der Waals surface area contributed by atoms with Crippen LogP contribution in [0.15, 0.2) is 48.7 Å². The lowest BCUT2D eigenvalue weighted by Gasteiger charge is -2.31. The van der Waals surface area contributed by atoms with Crippen molar-refractivity contribution in [1.82, 2.24) is 35.1 Å². The number of H-pyrrole nitrogens is 2. The van der Waals surface area contributed by atoms with E-state index in [9.17, 15) is 14.4 Å². The van der Waals surface area contributed by atoms with Crippen LogP contribution in [0.5, 0.6) is 0 Å². The molecule has 11 heteroatoms. The first-order valence-corrected chi connectivity index (χ1v) is 20.0. The summed E-state index contributed by atoms with van der Waals surface area (Å²) in [5, 5.41) is 2.79. The van der Waals surface area contributed by atoms with Gasteiger partial charge in [0.25, 0.3) is 0 Å². The highest BCUT2D eigenvalue weighted by Crippen LogP contribution is 2.59. The minimum atomic E-state index is -0.663. The zero-order valence-electron chi connectivity index (χ0n) is 32.9. The number of hydrogen-bond acceptors (Lipinski definition) is 6. The number of benzene rings is 2. The van der Waals surface area contributed by atoms with Crippen molar-refractivity contribution in [3.05, 3.63) is 71.4 Å². The Labute approximate surface area is 323 Å². The summed E-state index contributed by atoms with van der Waals surface area (Å²) in [6.07, 6.45) is 8.38. The average Bonchev–Trinajstić information content (AvgIpc) is 3.80. The zero-order valence-corrected chi connectivity index (χ0v) is 32.9. The Morgan fingerprint density at radius 1 is 0.873 bits per heavy atom. The standard InChI is InChI=1S/C44H53N7O4/c1-7-27(4)37(49-42(54)55-6)41(53)51-25-43(16-17-43)21-35(51)38-45-23-34(48-38)31-13-10-29(11-14-31)8-9-30-12-15-32-33(20-30)47-39(46-32)36-22-44(18-19-44)24-50(36)40(52)28(5)26(2)3/h10-15,20,23,26-28,35-37H,7,16-19,21-22,24-25H2,1-6H3,(H,45,48)(H,46,47)(H,49,54)/t27-,28-,35-,36-,37-/m0/s1. The predicted octanol–water partition coefficient (Wildman–Crippen LogP) is 7.52. The number of hydrogen-bond donors (Lipinski definition) is 3. The van der Waals surface area contributed by atoms with Gasteiger partial charge in [0.2, 0.25) is 11.8 Å². The summed E-state index contributed by atoms with van der Waals surface area (Å²) >= 11 is 0. The molecular weight excluding hydrogens is 691 g/mol. The second kappa shape index (κ2) is 14.2. The number of carbonyl (C=O) groups is 3. The Bertz CT molecular complexity index is 2170. The van der Waals surface area contributed by atoms with E-state index in [4.69, 9.17) is 14.7 Å². The summed E-state index contributed by atoms with van der Waals surface area (Å²) in [6, 6.07) is 13.3. The van der Waals surface area contributed by atoms with Crippen molar-refractivity contribution in [3.63, 3.8) is 0 Å². The smallest absolute Gasteiger partial charge is 0.407 e. The second-order valence-electron chi connectivity index (χ2n) is 17.3. The Morgan fingerprint density at radius 3 is 2.11 bits per heavy atom. The molecule has 55 heavy (non-hydrogen) atoms. The number of amides is 3. The van der Waals surface area contributed by atoms with E-state index >= 15 is 0 Å². The molecule has 3 amide bonds. The molecule has 0 unspecified atom stereocenters. The van der Waals surface area contributed by atoms with Crippen LogP contribution < -0.4 is 5.32 Å². The fourth-order valence-corrected chi connectivity index (χ4v) is 8.53. The fraction of sp³-hybridized carbons (Fsp3) is 0.523. The Hall–Kier alpha value is -5.11. The molecule has 2 saturated heterocycles. The average molecular weight is 744 g/mol. The first-order valence-electron chi connectivity index (χ1n) is 20.0. The van der Waals surface area contributed by atoms with E-state index in [2.05, 4.69) is 45.9 Å². The molecule has 8 rings (SSSR count). The van der Waals surface area contributed by atoms with Gasteiger partial charge >= 0.3 is 6.09 Å². The van der Waals surface area contributed by atoms with Crippen LogP contribution >= 0.6 is 0 Å². The van der Waals surface area contributed by atoms with Crippen molar-refractivity contribution in [2.24, 2.45) is 28.6 Å². The van der Waals surface area contributed by atoms with E-state index in [1.54, 1.807) is 0 Å². The third-order valence-electron chi connectivity index (χ3n) is 13.1. The van der Waals surface area contributed by atoms with Gasteiger partial charge in [-0.2, -0.15) is 0 Å². The van der Waals surface area contributed by atoms with E-state index in [-0.39, 0.29) is 46.6 Å². The third-order valence-corrected chi connectivity index (χ3v) is 13.1. The number of aromatic amines is 2. The largest absolute Gasteiger partial charge is 0.453 e. The van der Waals surface area contributed by atoms with Crippen molar-refractivity contribution in [2.45, 2.75) is 97.7 Å². The van der Waals surface area contributed by atoms with Gasteiger partial charge in [-0.3, -0.25) is 9.59 Å². The maximum Gasteiger partial charge on any atom is 0.407 e. The Morgan fingerprint density at radius 2 is 1.49 bits per heavy atom. The SMILES string of the molecule is CC[C@H](C)[C@H](NC(=O)OC)C(=O)N1CC2(CC2)C[C@H]1c1ncc(-c2ccc(C#Cc3ccc4nc([C@@H]5CC6(CC6)CN5C(=O)[C@@H](C)C(C)C)[nH]c4c3)cc2)[nH]1. The molecule has 4 aliphatic rings. The Balaban J connectivity index is 0.960. The van der Waals surface area contributed by atoms with Crippen LogP contribution in [0.4, 0.5) is 4.79 Å². The molecule has 2 saturated carbocycles. The first kappa shape index (κ1) is 36.8. The molecule has 2 spiro atoms. The summed E-state index contributed by atoms with van der Waals surface area (Å²) in [5.41, 5.74) is 5.84. The third kappa shape index (κ3) is 7.24. The number of nitrogens with one attached hydrogen (secondary N) is 3. The topological polar surface area (TPSA) is 136 Å². The van der Waals surface area contributed by atoms with Crippen molar-refractivity contribution in [1.29, 1.82) is 0 Å². The minimum Gasteiger partial charge on any atom is -0.453 e. The molecule has 4 heterocycles. The zero-order chi connectivity index (χ0) is 38.6. The number of rotatable bonds is 9. The molecule has 11 nitrogen and oxygen atoms in total. The van der Waals surface area contributed by atoms with Crippen LogP contribution in [0.2, 0.25) is 0 Å². The summed E-state index contributed by atoms with van der Waals surface area (Å²) in [7, 11) is 1.32. The lowest BCUT2D eigenvalue weighted by atomic mass is 9.96. The maximum atomic E-state index is 14.0. The lowest BCUT2D eigenvalue weighted by molar-refractivity contribution is -0.137. The molecule has 0 radical (unpaired) electrons. The highest BCUT2D eigenvalue weighted by molar-refractivity contribution is 5.87. The molecular formula is C44H53N7O4. The number of nitrogens with zero attached hydrogens (tertiary/aromatic N) is 4. The molecule has 0 bridgehead atoms. The molecule has 288 valence electrons. The highest BCUT2D eigenvalue weighted by Gasteiger charge is 2.56. The van der Waals surface area contributed by atoms with Gasteiger partial charge in [0.15, 0.2) is 0 Å². The number of carbonyl (C=O) groups excluding carboxylic acids is 3.